The summed E-state index contributed by atoms with van der Waals surface area (Å²) in [5.41, 5.74) is 7.64. The van der Waals surface area contributed by atoms with Gasteiger partial charge in [0.2, 0.25) is 0 Å². The maximum atomic E-state index is 6.44. The van der Waals surface area contributed by atoms with Gasteiger partial charge < -0.3 is 10.5 Å². The Hall–Kier alpha value is -0.380. The van der Waals surface area contributed by atoms with Crippen molar-refractivity contribution in [2.45, 2.75) is 50.7 Å². The van der Waals surface area contributed by atoms with Gasteiger partial charge in [-0.1, -0.05) is 40.9 Å². The first-order chi connectivity index (χ1) is 8.66. The molecule has 0 radical (unpaired) electrons. The lowest BCUT2D eigenvalue weighted by Crippen LogP contribution is -2.49. The molecule has 1 saturated carbocycles. The maximum absolute atomic E-state index is 6.44. The molecule has 0 aromatic heterocycles. The number of halogens is 1. The summed E-state index contributed by atoms with van der Waals surface area (Å²) < 4.78 is 7.13. The van der Waals surface area contributed by atoms with Crippen molar-refractivity contribution >= 4 is 15.9 Å². The van der Waals surface area contributed by atoms with Gasteiger partial charge in [0.25, 0.3) is 0 Å². The molecule has 2 N–H and O–H groups in total. The first-order valence-corrected chi connectivity index (χ1v) is 7.59. The molecule has 1 fully saturated rings. The van der Waals surface area contributed by atoms with Gasteiger partial charge in [-0.2, -0.15) is 0 Å². The van der Waals surface area contributed by atoms with Gasteiger partial charge in [-0.25, -0.2) is 0 Å². The van der Waals surface area contributed by atoms with Crippen LogP contribution in [0, 0.1) is 0 Å². The molecule has 0 saturated heterocycles. The Morgan fingerprint density at radius 1 is 1.39 bits per heavy atom. The third-order valence-corrected chi connectivity index (χ3v) is 4.40. The van der Waals surface area contributed by atoms with Crippen LogP contribution in [0.1, 0.15) is 38.2 Å². The Morgan fingerprint density at radius 3 is 2.72 bits per heavy atom. The van der Waals surface area contributed by atoms with Crippen LogP contribution in [0.15, 0.2) is 28.7 Å². The summed E-state index contributed by atoms with van der Waals surface area (Å²) >= 11 is 3.51. The van der Waals surface area contributed by atoms with Crippen LogP contribution in [0.4, 0.5) is 0 Å². The topological polar surface area (TPSA) is 35.2 Å². The monoisotopic (exact) mass is 311 g/mol. The van der Waals surface area contributed by atoms with Gasteiger partial charge in [-0.05, 0) is 43.9 Å². The predicted molar refractivity (Wildman–Crippen MR) is 78.6 cm³/mol. The zero-order valence-corrected chi connectivity index (χ0v) is 12.6. The van der Waals surface area contributed by atoms with E-state index in [1.807, 2.05) is 6.07 Å². The molecule has 1 aromatic rings. The summed E-state index contributed by atoms with van der Waals surface area (Å²) in [6.45, 7) is 2.82. The van der Waals surface area contributed by atoms with Crippen molar-refractivity contribution in [2.75, 3.05) is 6.61 Å². The van der Waals surface area contributed by atoms with E-state index in [1.165, 1.54) is 18.4 Å². The highest BCUT2D eigenvalue weighted by molar-refractivity contribution is 9.10. The summed E-state index contributed by atoms with van der Waals surface area (Å²) in [7, 11) is 0. The fraction of sp³-hybridized carbons (Fsp3) is 0.600. The van der Waals surface area contributed by atoms with E-state index in [9.17, 15) is 0 Å². The van der Waals surface area contributed by atoms with E-state index >= 15 is 0 Å². The van der Waals surface area contributed by atoms with Crippen LogP contribution in [0.2, 0.25) is 0 Å². The molecule has 18 heavy (non-hydrogen) atoms. The summed E-state index contributed by atoms with van der Waals surface area (Å²) in [5.74, 6) is 0. The highest BCUT2D eigenvalue weighted by Crippen LogP contribution is 2.36. The number of benzene rings is 1. The van der Waals surface area contributed by atoms with E-state index in [2.05, 4.69) is 41.1 Å². The summed E-state index contributed by atoms with van der Waals surface area (Å²) in [4.78, 5) is 0. The minimum atomic E-state index is -0.0862. The van der Waals surface area contributed by atoms with E-state index in [0.717, 1.165) is 30.3 Å². The Kier molecular flexibility index (Phi) is 4.82. The Labute approximate surface area is 118 Å². The lowest BCUT2D eigenvalue weighted by atomic mass is 9.88. The van der Waals surface area contributed by atoms with Gasteiger partial charge in [0.05, 0.1) is 5.60 Å². The molecule has 0 bridgehead atoms. The van der Waals surface area contributed by atoms with Crippen LogP contribution < -0.4 is 5.73 Å². The first kappa shape index (κ1) is 14.0. The second kappa shape index (κ2) is 6.18. The van der Waals surface area contributed by atoms with Crippen LogP contribution in [-0.2, 0) is 11.2 Å². The maximum Gasteiger partial charge on any atom is 0.0835 e. The smallest absolute Gasteiger partial charge is 0.0835 e. The molecule has 100 valence electrons. The molecule has 1 aliphatic carbocycles. The molecular formula is C15H22BrNO. The zero-order chi connectivity index (χ0) is 13.0. The summed E-state index contributed by atoms with van der Waals surface area (Å²) in [5, 5.41) is 0. The zero-order valence-electron chi connectivity index (χ0n) is 11.0. The van der Waals surface area contributed by atoms with E-state index in [-0.39, 0.29) is 11.6 Å². The Morgan fingerprint density at radius 2 is 2.11 bits per heavy atom. The normalized spacial score (nSPS) is 19.9. The molecule has 1 unspecified atom stereocenters. The molecular weight excluding hydrogens is 290 g/mol. The van der Waals surface area contributed by atoms with Gasteiger partial charge in [-0.3, -0.25) is 0 Å². The average Bonchev–Trinajstić information content (AvgIpc) is 2.79. The summed E-state index contributed by atoms with van der Waals surface area (Å²) in [6, 6.07) is 8.49. The van der Waals surface area contributed by atoms with Crippen molar-refractivity contribution in [2.24, 2.45) is 5.73 Å². The fourth-order valence-corrected chi connectivity index (χ4v) is 3.43. The highest BCUT2D eigenvalue weighted by atomic mass is 79.9. The van der Waals surface area contributed by atoms with E-state index in [1.54, 1.807) is 0 Å². The number of nitrogens with two attached hydrogens (primary N) is 1. The van der Waals surface area contributed by atoms with Crippen LogP contribution >= 0.6 is 15.9 Å². The van der Waals surface area contributed by atoms with Crippen molar-refractivity contribution < 1.29 is 4.74 Å². The molecule has 0 amide bonds. The number of hydrogen-bond donors (Lipinski definition) is 1. The van der Waals surface area contributed by atoms with Crippen molar-refractivity contribution in [1.29, 1.82) is 0 Å². The lowest BCUT2D eigenvalue weighted by Gasteiger charge is -2.35. The molecule has 2 rings (SSSR count). The minimum absolute atomic E-state index is 0.0862. The molecule has 1 aliphatic rings. The third kappa shape index (κ3) is 3.14. The van der Waals surface area contributed by atoms with Crippen LogP contribution in [0.3, 0.4) is 0 Å². The van der Waals surface area contributed by atoms with Gasteiger partial charge in [-0.15, -0.1) is 0 Å². The van der Waals surface area contributed by atoms with Gasteiger partial charge >= 0.3 is 0 Å². The van der Waals surface area contributed by atoms with Gasteiger partial charge in [0.15, 0.2) is 0 Å². The molecule has 2 nitrogen and oxygen atoms in total. The quantitative estimate of drug-likeness (QED) is 0.900. The Balaban J connectivity index is 2.07. The number of rotatable bonds is 5. The highest BCUT2D eigenvalue weighted by Gasteiger charge is 2.40. The largest absolute Gasteiger partial charge is 0.374 e. The predicted octanol–water partition coefficient (Wildman–Crippen LogP) is 3.67. The van der Waals surface area contributed by atoms with E-state index in [0.29, 0.717) is 0 Å². The first-order valence-electron chi connectivity index (χ1n) is 6.80. The van der Waals surface area contributed by atoms with Gasteiger partial charge in [0, 0.05) is 17.1 Å². The number of hydrogen-bond acceptors (Lipinski definition) is 2. The van der Waals surface area contributed by atoms with Crippen molar-refractivity contribution in [1.82, 2.24) is 0 Å². The van der Waals surface area contributed by atoms with Crippen LogP contribution in [-0.4, -0.2) is 18.2 Å². The molecule has 0 spiro atoms. The lowest BCUT2D eigenvalue weighted by molar-refractivity contribution is -0.0525. The fourth-order valence-electron chi connectivity index (χ4n) is 2.99. The molecule has 1 atom stereocenters. The summed E-state index contributed by atoms with van der Waals surface area (Å²) in [6.07, 6.45) is 5.59. The number of ether oxygens (including phenoxy) is 1. The van der Waals surface area contributed by atoms with Crippen LogP contribution in [0.25, 0.3) is 0 Å². The molecule has 3 heteroatoms. The van der Waals surface area contributed by atoms with Crippen molar-refractivity contribution in [3.05, 3.63) is 34.3 Å². The third-order valence-electron chi connectivity index (χ3n) is 3.90. The molecule has 0 aliphatic heterocycles. The average molecular weight is 312 g/mol. The second-order valence-electron chi connectivity index (χ2n) is 5.15. The van der Waals surface area contributed by atoms with Crippen molar-refractivity contribution in [3.8, 4) is 0 Å². The standard InChI is InChI=1S/C15H22BrNO/c1-2-18-15(8-3-4-9-15)14(17)11-12-6-5-7-13(16)10-12/h5-7,10,14H,2-4,8-9,11,17H2,1H3. The van der Waals surface area contributed by atoms with Crippen LogP contribution in [0.5, 0.6) is 0 Å². The van der Waals surface area contributed by atoms with E-state index in [4.69, 9.17) is 10.5 Å². The SMILES string of the molecule is CCOC1(C(N)Cc2cccc(Br)c2)CCCC1. The van der Waals surface area contributed by atoms with Crippen molar-refractivity contribution in [3.63, 3.8) is 0 Å². The second-order valence-corrected chi connectivity index (χ2v) is 6.06. The Bertz CT molecular complexity index is 388. The molecule has 1 aromatic carbocycles. The van der Waals surface area contributed by atoms with E-state index < -0.39 is 0 Å². The minimum Gasteiger partial charge on any atom is -0.374 e. The molecule has 0 heterocycles. The van der Waals surface area contributed by atoms with Gasteiger partial charge in [0.1, 0.15) is 0 Å².